The van der Waals surface area contributed by atoms with Crippen molar-refractivity contribution in [3.63, 3.8) is 0 Å². The number of allylic oxidation sites excluding steroid dienone is 2. The molecule has 16 heavy (non-hydrogen) atoms. The zero-order valence-corrected chi connectivity index (χ0v) is 11.0. The van der Waals surface area contributed by atoms with Gasteiger partial charge < -0.3 is 5.11 Å². The van der Waals surface area contributed by atoms with Crippen molar-refractivity contribution >= 4 is 0 Å². The maximum Gasteiger partial charge on any atom is 0.0671 e. The minimum Gasteiger partial charge on any atom is -0.392 e. The van der Waals surface area contributed by atoms with E-state index in [0.29, 0.717) is 5.92 Å². The molecule has 1 aliphatic rings. The first kappa shape index (κ1) is 13.2. The van der Waals surface area contributed by atoms with Gasteiger partial charge in [-0.15, -0.1) is 6.58 Å². The Morgan fingerprint density at radius 3 is 2.31 bits per heavy atom. The molecule has 1 nitrogen and oxygen atoms in total. The molecule has 90 valence electrons. The number of aliphatic hydroxyl groups excluding tert-OH is 1. The van der Waals surface area contributed by atoms with Gasteiger partial charge in [0.05, 0.1) is 6.10 Å². The molecule has 0 bridgehead atoms. The molecule has 0 aromatic heterocycles. The maximum atomic E-state index is 10.3. The predicted molar refractivity (Wildman–Crippen MR) is 70.2 cm³/mol. The van der Waals surface area contributed by atoms with Gasteiger partial charge in [0.25, 0.3) is 0 Å². The second-order valence-corrected chi connectivity index (χ2v) is 5.50. The number of hydrogen-bond donors (Lipinski definition) is 1. The molecule has 0 heterocycles. The topological polar surface area (TPSA) is 20.2 Å². The molecule has 0 spiro atoms. The van der Waals surface area contributed by atoms with Crippen LogP contribution in [0.5, 0.6) is 0 Å². The summed E-state index contributed by atoms with van der Waals surface area (Å²) in [4.78, 5) is 0. The van der Waals surface area contributed by atoms with Crippen molar-refractivity contribution in [1.82, 2.24) is 0 Å². The minimum atomic E-state index is -0.342. The van der Waals surface area contributed by atoms with Crippen molar-refractivity contribution in [1.29, 1.82) is 0 Å². The van der Waals surface area contributed by atoms with Crippen molar-refractivity contribution in [2.45, 2.75) is 46.6 Å². The van der Waals surface area contributed by atoms with Crippen LogP contribution in [0.1, 0.15) is 40.5 Å². The Bertz CT molecular complexity index is 333. The quantitative estimate of drug-likeness (QED) is 0.701. The smallest absolute Gasteiger partial charge is 0.0671 e. The van der Waals surface area contributed by atoms with E-state index in [9.17, 15) is 5.11 Å². The highest BCUT2D eigenvalue weighted by Crippen LogP contribution is 2.47. The van der Waals surface area contributed by atoms with Crippen LogP contribution in [0.3, 0.4) is 0 Å². The average molecular weight is 220 g/mol. The van der Waals surface area contributed by atoms with E-state index >= 15 is 0 Å². The van der Waals surface area contributed by atoms with Crippen LogP contribution in [0.4, 0.5) is 0 Å². The van der Waals surface area contributed by atoms with E-state index in [2.05, 4.69) is 33.9 Å². The third-order valence-corrected chi connectivity index (χ3v) is 4.10. The normalized spacial score (nSPS) is 34.7. The molecule has 1 fully saturated rings. The van der Waals surface area contributed by atoms with E-state index < -0.39 is 0 Å². The number of rotatable bonds is 2. The first-order chi connectivity index (χ1) is 7.32. The Kier molecular flexibility index (Phi) is 3.80. The summed E-state index contributed by atoms with van der Waals surface area (Å²) >= 11 is 0. The second-order valence-electron chi connectivity index (χ2n) is 5.50. The Labute approximate surface area is 99.6 Å². The molecule has 0 amide bonds. The summed E-state index contributed by atoms with van der Waals surface area (Å²) < 4.78 is 0. The molecule has 1 saturated carbocycles. The van der Waals surface area contributed by atoms with Crippen LogP contribution < -0.4 is 0 Å². The highest BCUT2D eigenvalue weighted by atomic mass is 16.3. The summed E-state index contributed by atoms with van der Waals surface area (Å²) in [5, 5.41) is 10.3. The summed E-state index contributed by atoms with van der Waals surface area (Å²) in [6, 6.07) is 0. The lowest BCUT2D eigenvalue weighted by molar-refractivity contribution is 0.0217. The molecule has 1 rings (SSSR count). The molecular formula is C15H24O. The fourth-order valence-electron chi connectivity index (χ4n) is 2.63. The van der Waals surface area contributed by atoms with Crippen LogP contribution in [0, 0.1) is 11.3 Å². The monoisotopic (exact) mass is 220 g/mol. The van der Waals surface area contributed by atoms with Gasteiger partial charge in [-0.05, 0) is 39.5 Å². The first-order valence-corrected chi connectivity index (χ1v) is 5.95. The Morgan fingerprint density at radius 1 is 1.38 bits per heavy atom. The van der Waals surface area contributed by atoms with Crippen molar-refractivity contribution in [3.05, 3.63) is 36.0 Å². The number of aliphatic hydroxyl groups is 1. The summed E-state index contributed by atoms with van der Waals surface area (Å²) in [6.45, 7) is 16.3. The van der Waals surface area contributed by atoms with Gasteiger partial charge >= 0.3 is 0 Å². The lowest BCUT2D eigenvalue weighted by Crippen LogP contribution is -2.42. The molecule has 1 N–H and O–H groups in total. The van der Waals surface area contributed by atoms with Gasteiger partial charge in [-0.2, -0.15) is 0 Å². The Hall–Kier alpha value is -0.820. The van der Waals surface area contributed by atoms with Gasteiger partial charge in [0, 0.05) is 5.41 Å². The summed E-state index contributed by atoms with van der Waals surface area (Å²) in [7, 11) is 0. The SMILES string of the molecule is C=C[C@]1(C)[C@@H](O)CC(=C(C)C)C[C@H]1C(=C)C. The molecule has 0 aromatic carbocycles. The van der Waals surface area contributed by atoms with Crippen LogP contribution in [0.25, 0.3) is 0 Å². The van der Waals surface area contributed by atoms with Gasteiger partial charge in [-0.3, -0.25) is 0 Å². The highest BCUT2D eigenvalue weighted by molar-refractivity contribution is 5.25. The Balaban J connectivity index is 3.13. The third kappa shape index (κ3) is 2.15. The number of hydrogen-bond acceptors (Lipinski definition) is 1. The van der Waals surface area contributed by atoms with E-state index in [1.807, 2.05) is 13.0 Å². The molecule has 1 aliphatic carbocycles. The molecule has 0 radical (unpaired) electrons. The van der Waals surface area contributed by atoms with E-state index in [1.165, 1.54) is 11.1 Å². The lowest BCUT2D eigenvalue weighted by atomic mass is 9.62. The molecule has 3 atom stereocenters. The van der Waals surface area contributed by atoms with Crippen LogP contribution in [0.2, 0.25) is 0 Å². The summed E-state index contributed by atoms with van der Waals surface area (Å²) in [5.74, 6) is 0.304. The molecule has 0 aromatic rings. The van der Waals surface area contributed by atoms with Crippen molar-refractivity contribution < 1.29 is 5.11 Å². The van der Waals surface area contributed by atoms with Gasteiger partial charge in [0.1, 0.15) is 0 Å². The van der Waals surface area contributed by atoms with E-state index in [1.54, 1.807) is 0 Å². The average Bonchev–Trinajstić information content (AvgIpc) is 2.20. The minimum absolute atomic E-state index is 0.231. The zero-order chi connectivity index (χ0) is 12.5. The largest absolute Gasteiger partial charge is 0.392 e. The first-order valence-electron chi connectivity index (χ1n) is 5.95. The van der Waals surface area contributed by atoms with E-state index in [-0.39, 0.29) is 11.5 Å². The summed E-state index contributed by atoms with van der Waals surface area (Å²) in [5.41, 5.74) is 3.61. The van der Waals surface area contributed by atoms with Gasteiger partial charge in [-0.1, -0.05) is 36.3 Å². The van der Waals surface area contributed by atoms with Crippen LogP contribution >= 0.6 is 0 Å². The zero-order valence-electron chi connectivity index (χ0n) is 11.0. The Morgan fingerprint density at radius 2 is 1.94 bits per heavy atom. The van der Waals surface area contributed by atoms with Gasteiger partial charge in [0.15, 0.2) is 0 Å². The predicted octanol–water partition coefficient (Wildman–Crippen LogP) is 3.86. The van der Waals surface area contributed by atoms with Crippen molar-refractivity contribution in [2.75, 3.05) is 0 Å². The van der Waals surface area contributed by atoms with Crippen molar-refractivity contribution in [3.8, 4) is 0 Å². The maximum absolute atomic E-state index is 10.3. The third-order valence-electron chi connectivity index (χ3n) is 4.10. The second kappa shape index (κ2) is 4.58. The lowest BCUT2D eigenvalue weighted by Gasteiger charge is -2.45. The standard InChI is InChI=1S/C15H24O/c1-7-15(6)13(11(4)5)8-12(10(2)3)9-14(15)16/h7,13-14,16H,1,4,8-9H2,2-3,5-6H3/t13-,14-,15-/m0/s1. The summed E-state index contributed by atoms with van der Waals surface area (Å²) in [6.07, 6.45) is 3.34. The van der Waals surface area contributed by atoms with E-state index in [4.69, 9.17) is 0 Å². The fraction of sp³-hybridized carbons (Fsp3) is 0.600. The highest BCUT2D eigenvalue weighted by Gasteiger charge is 2.42. The molecule has 0 saturated heterocycles. The van der Waals surface area contributed by atoms with Gasteiger partial charge in [0.2, 0.25) is 0 Å². The molecule has 0 aliphatic heterocycles. The van der Waals surface area contributed by atoms with Crippen molar-refractivity contribution in [2.24, 2.45) is 11.3 Å². The van der Waals surface area contributed by atoms with Crippen LogP contribution in [-0.2, 0) is 0 Å². The molecular weight excluding hydrogens is 196 g/mol. The molecule has 0 unspecified atom stereocenters. The van der Waals surface area contributed by atoms with Crippen LogP contribution in [0.15, 0.2) is 36.0 Å². The molecule has 1 heteroatoms. The van der Waals surface area contributed by atoms with Gasteiger partial charge in [-0.25, -0.2) is 0 Å². The fourth-order valence-corrected chi connectivity index (χ4v) is 2.63. The van der Waals surface area contributed by atoms with E-state index in [0.717, 1.165) is 18.4 Å². The van der Waals surface area contributed by atoms with Crippen LogP contribution in [-0.4, -0.2) is 11.2 Å².